The Kier molecular flexibility index (Phi) is 33.2. The maximum Gasteiger partial charge on any atom is 0.325 e. The van der Waals surface area contributed by atoms with Crippen molar-refractivity contribution >= 4 is 15.2 Å². The molecule has 9 rings (SSSR count). The second-order valence-corrected chi connectivity index (χ2v) is 35.6. The van der Waals surface area contributed by atoms with Crippen LogP contribution in [0, 0.1) is 0 Å². The van der Waals surface area contributed by atoms with Crippen LogP contribution in [0.1, 0.15) is 369 Å². The van der Waals surface area contributed by atoms with Crippen molar-refractivity contribution in [3.05, 3.63) is 155 Å². The maximum absolute atomic E-state index is 12.9. The molecule has 0 aliphatic heterocycles. The molecule has 101 heavy (non-hydrogen) atoms. The Morgan fingerprint density at radius 1 is 0.228 bits per heavy atom. The number of hydrogen-bond acceptors (Lipinski definition) is 2. The highest BCUT2D eigenvalue weighted by Crippen LogP contribution is 2.60. The van der Waals surface area contributed by atoms with Crippen LogP contribution >= 0.6 is 15.2 Å². The monoisotopic (exact) mass is 1410 g/mol. The molecule has 0 saturated heterocycles. The van der Waals surface area contributed by atoms with E-state index in [1.807, 2.05) is 0 Å². The zero-order valence-corrected chi connectivity index (χ0v) is 65.7. The van der Waals surface area contributed by atoms with Gasteiger partial charge < -0.3 is 19.6 Å². The van der Waals surface area contributed by atoms with Gasteiger partial charge in [0, 0.05) is 28.6 Å². The summed E-state index contributed by atoms with van der Waals surface area (Å²) in [7, 11) is -8.77. The molecule has 0 atom stereocenters. The third kappa shape index (κ3) is 22.4. The second kappa shape index (κ2) is 41.5. The van der Waals surface area contributed by atoms with Crippen molar-refractivity contribution < 1.29 is 28.7 Å². The van der Waals surface area contributed by atoms with Crippen molar-refractivity contribution in [3.8, 4) is 55.6 Å². The third-order valence-electron chi connectivity index (χ3n) is 24.5. The van der Waals surface area contributed by atoms with E-state index in [9.17, 15) is 28.7 Å². The topological polar surface area (TPSA) is 115 Å². The molecule has 6 aromatic rings. The zero-order chi connectivity index (χ0) is 71.2. The number of hydrogen-bond donors (Lipinski definition) is 4. The summed E-state index contributed by atoms with van der Waals surface area (Å²) >= 11 is 0. The molecular weight excluding hydrogens is 1270 g/mol. The van der Waals surface area contributed by atoms with Gasteiger partial charge in [-0.25, -0.2) is 0 Å². The largest absolute Gasteiger partial charge is 0.325 e. The summed E-state index contributed by atoms with van der Waals surface area (Å²) in [5, 5.41) is 0. The molecule has 554 valence electrons. The molecule has 6 nitrogen and oxygen atoms in total. The van der Waals surface area contributed by atoms with E-state index in [0.29, 0.717) is 12.8 Å². The van der Waals surface area contributed by atoms with Crippen LogP contribution in [0.25, 0.3) is 55.6 Å². The average Bonchev–Trinajstić information content (AvgIpc) is 1.58. The van der Waals surface area contributed by atoms with Gasteiger partial charge in [-0.05, 0) is 165 Å². The summed E-state index contributed by atoms with van der Waals surface area (Å²) in [6, 6.07) is 47.1. The summed E-state index contributed by atoms with van der Waals surface area (Å²) in [4.78, 5) is 42.2. The number of rotatable bonds is 54. The predicted octanol–water partition coefficient (Wildman–Crippen LogP) is 29.0. The molecule has 3 aliphatic rings. The van der Waals surface area contributed by atoms with E-state index in [-0.39, 0.29) is 36.0 Å². The second-order valence-electron chi connectivity index (χ2n) is 32.1. The van der Waals surface area contributed by atoms with Gasteiger partial charge in [0.05, 0.1) is 0 Å². The summed E-state index contributed by atoms with van der Waals surface area (Å²) in [6.45, 7) is 9.20. The van der Waals surface area contributed by atoms with Gasteiger partial charge in [-0.1, -0.05) is 382 Å². The number of fused-ring (bicyclic) bond motifs is 9. The Labute approximate surface area is 615 Å². The fourth-order valence-electron chi connectivity index (χ4n) is 18.9. The van der Waals surface area contributed by atoms with Crippen molar-refractivity contribution in [1.29, 1.82) is 0 Å². The average molecular weight is 1410 g/mol. The molecule has 0 aromatic heterocycles. The quantitative estimate of drug-likeness (QED) is 0.0223. The van der Waals surface area contributed by atoms with Crippen molar-refractivity contribution in [2.75, 3.05) is 12.3 Å². The molecule has 0 unspecified atom stereocenters. The molecule has 3 aliphatic carbocycles. The molecule has 0 saturated carbocycles. The van der Waals surface area contributed by atoms with Gasteiger partial charge in [-0.3, -0.25) is 9.13 Å². The first-order chi connectivity index (χ1) is 49.2. The van der Waals surface area contributed by atoms with Crippen LogP contribution in [0.2, 0.25) is 0 Å². The minimum atomic E-state index is -4.39. The van der Waals surface area contributed by atoms with Crippen LogP contribution < -0.4 is 0 Å². The van der Waals surface area contributed by atoms with Crippen LogP contribution in [0.15, 0.2) is 121 Å². The van der Waals surface area contributed by atoms with Gasteiger partial charge in [-0.2, -0.15) is 0 Å². The molecule has 0 fully saturated rings. The van der Waals surface area contributed by atoms with E-state index in [1.54, 1.807) is 0 Å². The molecule has 0 heterocycles. The van der Waals surface area contributed by atoms with Gasteiger partial charge in [0.1, 0.15) is 0 Å². The minimum Gasteiger partial charge on any atom is -0.324 e. The van der Waals surface area contributed by atoms with Crippen LogP contribution in [0.4, 0.5) is 0 Å². The van der Waals surface area contributed by atoms with Gasteiger partial charge >= 0.3 is 15.2 Å². The summed E-state index contributed by atoms with van der Waals surface area (Å²) in [5.74, 6) is 0. The Morgan fingerprint density at radius 2 is 0.416 bits per heavy atom. The Bertz CT molecular complexity index is 3250. The molecule has 6 aromatic carbocycles. The fraction of sp³-hybridized carbons (Fsp3) is 0.613. The predicted molar refractivity (Wildman–Crippen MR) is 434 cm³/mol. The first-order valence-electron chi connectivity index (χ1n) is 42.1. The van der Waals surface area contributed by atoms with Crippen molar-refractivity contribution in [3.63, 3.8) is 0 Å². The highest BCUT2D eigenvalue weighted by molar-refractivity contribution is 7.52. The lowest BCUT2D eigenvalue weighted by Crippen LogP contribution is -2.26. The Morgan fingerprint density at radius 3 is 0.644 bits per heavy atom. The smallest absolute Gasteiger partial charge is 0.324 e. The molecule has 0 radical (unpaired) electrons. The lowest BCUT2D eigenvalue weighted by atomic mass is 9.69. The molecule has 0 spiro atoms. The van der Waals surface area contributed by atoms with Crippen LogP contribution in [0.3, 0.4) is 0 Å². The van der Waals surface area contributed by atoms with Crippen molar-refractivity contribution in [1.82, 2.24) is 0 Å². The maximum atomic E-state index is 12.9. The first kappa shape index (κ1) is 80.7. The summed E-state index contributed by atoms with van der Waals surface area (Å²) in [6.07, 6.45) is 58.0. The van der Waals surface area contributed by atoms with Crippen LogP contribution in [-0.4, -0.2) is 31.9 Å². The van der Waals surface area contributed by atoms with E-state index in [1.165, 1.54) is 312 Å². The van der Waals surface area contributed by atoms with E-state index in [2.05, 4.69) is 149 Å². The van der Waals surface area contributed by atoms with E-state index in [0.717, 1.165) is 59.1 Å². The van der Waals surface area contributed by atoms with Gasteiger partial charge in [-0.15, -0.1) is 0 Å². The Balaban J connectivity index is 1.07. The molecule has 8 heteroatoms. The van der Waals surface area contributed by atoms with Crippen LogP contribution in [-0.2, 0) is 25.4 Å². The fourth-order valence-corrected chi connectivity index (χ4v) is 20.1. The SMILES string of the molecule is CCCCCCCCCCCCC1(CCCCCCCCCCCC)c2ccccc2-c2ccc(-c3ccc4c(c3)C(CCCP(=O)(O)O)(CCCP(=O)(O)O)c3cc(-c5ccc6c(c5)C(CCCCCCCCCCCC)(CCCCCCCCCCCC)c5ccccc5-6)ccc3-4)cc21. The minimum absolute atomic E-state index is 0.0969. The van der Waals surface area contributed by atoms with E-state index >= 15 is 0 Å². The normalized spacial score (nSPS) is 14.5. The van der Waals surface area contributed by atoms with Gasteiger partial charge in [0.25, 0.3) is 0 Å². The lowest BCUT2D eigenvalue weighted by molar-refractivity contribution is 0.360. The molecule has 4 N–H and O–H groups in total. The van der Waals surface area contributed by atoms with E-state index < -0.39 is 20.6 Å². The first-order valence-corrected chi connectivity index (χ1v) is 45.7. The summed E-state index contributed by atoms with van der Waals surface area (Å²) < 4.78 is 25.9. The van der Waals surface area contributed by atoms with Gasteiger partial charge in [0.15, 0.2) is 0 Å². The molecule has 0 bridgehead atoms. The highest BCUT2D eigenvalue weighted by Gasteiger charge is 2.46. The van der Waals surface area contributed by atoms with Gasteiger partial charge in [0.2, 0.25) is 0 Å². The third-order valence-corrected chi connectivity index (χ3v) is 26.3. The Hall–Kier alpha value is -4.38. The van der Waals surface area contributed by atoms with Crippen molar-refractivity contribution in [2.24, 2.45) is 0 Å². The number of unbranched alkanes of at least 4 members (excludes halogenated alkanes) is 36. The zero-order valence-electron chi connectivity index (χ0n) is 63.9. The van der Waals surface area contributed by atoms with Crippen molar-refractivity contribution in [2.45, 2.75) is 352 Å². The van der Waals surface area contributed by atoms with E-state index in [4.69, 9.17) is 0 Å². The highest BCUT2D eigenvalue weighted by atomic mass is 31.2. The standard InChI is InChI=1S/C93H136O6P2/c1-5-9-13-17-21-25-29-33-37-45-63-91(64-46-38-34-30-26-22-18-14-10-6-2)85-53-43-41-51-79(85)81-59-55-75(71-87(81)91)77-57-61-83-84-62-58-78(74-90(84)93(89(83)73-77,67-49-69-100(94,95)96)68-50-70-101(97,98)99)76-56-60-82-80-52-42-44-54-86(80)92(88(82)72-76,65-47-39-35-31-27-23-19-15-11-7-3)66-48-40-36-32-28-24-20-16-12-8-4/h41-44,51-62,71-74H,5-40,45-50,63-70H2,1-4H3,(H2,94,95,96)(H2,97,98,99). The number of benzene rings is 6. The molecule has 0 amide bonds. The molecular formula is C93H136O6P2. The lowest BCUT2D eigenvalue weighted by Gasteiger charge is -2.34. The van der Waals surface area contributed by atoms with Crippen LogP contribution in [0.5, 0.6) is 0 Å². The summed E-state index contributed by atoms with van der Waals surface area (Å²) in [5.41, 5.74) is 19.4.